The van der Waals surface area contributed by atoms with Crippen LogP contribution in [0.15, 0.2) is 0 Å². The van der Waals surface area contributed by atoms with Crippen LogP contribution >= 0.6 is 11.8 Å². The number of unbranched alkanes of at least 4 members (excludes halogenated alkanes) is 16. The zero-order valence-corrected chi connectivity index (χ0v) is 42.8. The molecule has 2 aliphatic rings. The highest BCUT2D eigenvalue weighted by Crippen LogP contribution is 2.28. The van der Waals surface area contributed by atoms with E-state index in [4.69, 9.17) is 9.47 Å². The molecule has 0 N–H and O–H groups in total. The summed E-state index contributed by atoms with van der Waals surface area (Å²) in [5, 5.41) is 0. The summed E-state index contributed by atoms with van der Waals surface area (Å²) in [5.41, 5.74) is 0. The Morgan fingerprint density at radius 1 is 0.516 bits per heavy atom. The molecule has 0 spiro atoms. The zero-order valence-electron chi connectivity index (χ0n) is 41.9. The topological polar surface area (TPSA) is 59.1 Å². The van der Waals surface area contributed by atoms with E-state index in [0.717, 1.165) is 31.1 Å². The number of rotatable bonds is 43. The van der Waals surface area contributed by atoms with Gasteiger partial charge in [0.15, 0.2) is 0 Å². The van der Waals surface area contributed by atoms with Gasteiger partial charge in [0.05, 0.1) is 13.2 Å². The first kappa shape index (κ1) is 57.3. The second-order valence-electron chi connectivity index (χ2n) is 20.0. The van der Waals surface area contributed by atoms with Crippen molar-refractivity contribution in [2.24, 2.45) is 23.7 Å². The third-order valence-corrected chi connectivity index (χ3v) is 15.4. The van der Waals surface area contributed by atoms with Gasteiger partial charge in [-0.2, -0.15) is 11.8 Å². The Morgan fingerprint density at radius 3 is 1.56 bits per heavy atom. The molecule has 2 atom stereocenters. The second kappa shape index (κ2) is 41.6. The highest BCUT2D eigenvalue weighted by atomic mass is 32.2. The van der Waals surface area contributed by atoms with E-state index in [1.165, 1.54) is 231 Å². The molecule has 2 rings (SSSR count). The fraction of sp³-hybridized carbons (Fsp3) is 0.945. The van der Waals surface area contributed by atoms with Gasteiger partial charge in [-0.25, -0.2) is 0 Å². The fourth-order valence-corrected chi connectivity index (χ4v) is 10.9. The first-order valence-corrected chi connectivity index (χ1v) is 28.8. The van der Waals surface area contributed by atoms with Gasteiger partial charge in [0.2, 0.25) is 0 Å². The number of esters is 2. The molecule has 0 saturated carbocycles. The molecule has 6 nitrogen and oxygen atoms in total. The van der Waals surface area contributed by atoms with E-state index >= 15 is 0 Å². The Balaban J connectivity index is 1.45. The molecule has 2 fully saturated rings. The highest BCUT2D eigenvalue weighted by molar-refractivity contribution is 7.99. The van der Waals surface area contributed by atoms with Gasteiger partial charge in [-0.1, -0.05) is 175 Å². The van der Waals surface area contributed by atoms with Crippen molar-refractivity contribution in [3.05, 3.63) is 6.42 Å². The third-order valence-electron chi connectivity index (χ3n) is 14.5. The largest absolute Gasteiger partial charge is 0.466 e. The van der Waals surface area contributed by atoms with Gasteiger partial charge in [-0.15, -0.1) is 0 Å². The van der Waals surface area contributed by atoms with Crippen molar-refractivity contribution in [3.8, 4) is 0 Å². The van der Waals surface area contributed by atoms with Crippen LogP contribution in [-0.2, 0) is 19.1 Å². The van der Waals surface area contributed by atoms with Crippen LogP contribution in [0.3, 0.4) is 0 Å². The summed E-state index contributed by atoms with van der Waals surface area (Å²) in [7, 11) is 0. The molecule has 2 unspecified atom stereocenters. The first-order chi connectivity index (χ1) is 30.5. The van der Waals surface area contributed by atoms with Crippen molar-refractivity contribution in [2.75, 3.05) is 64.0 Å². The third kappa shape index (κ3) is 32.8. The average Bonchev–Trinajstić information content (AvgIpc) is 3.28. The molecular weight excluding hydrogens is 785 g/mol. The summed E-state index contributed by atoms with van der Waals surface area (Å²) in [6.07, 6.45) is 44.9. The Kier molecular flexibility index (Phi) is 38.5. The van der Waals surface area contributed by atoms with Crippen LogP contribution in [0.1, 0.15) is 246 Å². The number of carbonyl (C=O) groups is 2. The molecule has 7 heteroatoms. The van der Waals surface area contributed by atoms with Gasteiger partial charge in [-0.3, -0.25) is 9.59 Å². The summed E-state index contributed by atoms with van der Waals surface area (Å²) >= 11 is 2.15. The number of ether oxygens (including phenoxy) is 2. The molecule has 0 bridgehead atoms. The first-order valence-electron chi connectivity index (χ1n) is 27.6. The molecule has 0 aromatic rings. The molecule has 62 heavy (non-hydrogen) atoms. The second-order valence-corrected chi connectivity index (χ2v) is 21.2. The van der Waals surface area contributed by atoms with Crippen LogP contribution in [0.4, 0.5) is 0 Å². The Hall–Kier alpha value is -0.790. The van der Waals surface area contributed by atoms with Gasteiger partial charge in [0.25, 0.3) is 0 Å². The highest BCUT2D eigenvalue weighted by Gasteiger charge is 2.21. The predicted molar refractivity (Wildman–Crippen MR) is 270 cm³/mol. The molecular formula is C55H105N2O4S. The monoisotopic (exact) mass is 890 g/mol. The molecule has 365 valence electrons. The maximum atomic E-state index is 12.5. The number of likely N-dealkylation sites (tertiary alicyclic amines) is 2. The van der Waals surface area contributed by atoms with Gasteiger partial charge >= 0.3 is 11.9 Å². The summed E-state index contributed by atoms with van der Waals surface area (Å²) in [6, 6.07) is 0. The van der Waals surface area contributed by atoms with Crippen LogP contribution < -0.4 is 0 Å². The lowest BCUT2D eigenvalue weighted by atomic mass is 9.86. The molecule has 2 saturated heterocycles. The van der Waals surface area contributed by atoms with E-state index in [9.17, 15) is 9.59 Å². The molecule has 0 aliphatic carbocycles. The number of nitrogens with zero attached hydrogens (tertiary/aromatic N) is 2. The smallest absolute Gasteiger partial charge is 0.305 e. The normalized spacial score (nSPS) is 16.8. The van der Waals surface area contributed by atoms with E-state index < -0.39 is 0 Å². The number of carbonyl (C=O) groups excluding carboxylic acids is 2. The molecule has 2 heterocycles. The van der Waals surface area contributed by atoms with E-state index in [2.05, 4.69) is 55.7 Å². The SMILES string of the molecule is CCCCC[CH]CCC(CCCCCC)CCCC1CCN(CCSCCN2CCC(CCOC(=O)CCCC(=O)OCC(CCCCCC)CCCCCCCC)CC2)CC1. The van der Waals surface area contributed by atoms with Crippen LogP contribution in [-0.4, -0.2) is 85.7 Å². The van der Waals surface area contributed by atoms with Crippen LogP contribution in [0.25, 0.3) is 0 Å². The summed E-state index contributed by atoms with van der Waals surface area (Å²) in [4.78, 5) is 30.3. The molecule has 0 amide bonds. The van der Waals surface area contributed by atoms with E-state index in [0.29, 0.717) is 44.3 Å². The van der Waals surface area contributed by atoms with Gasteiger partial charge in [0.1, 0.15) is 0 Å². The van der Waals surface area contributed by atoms with Gasteiger partial charge < -0.3 is 19.3 Å². The van der Waals surface area contributed by atoms with Gasteiger partial charge in [0, 0.05) is 37.4 Å². The number of hydrogen-bond acceptors (Lipinski definition) is 7. The standard InChI is InChI=1S/C55H105N2O4S/c1-5-9-13-17-19-23-28-50(27-21-15-11-7-3)31-25-32-51-35-40-56(41-36-51)44-47-62-48-45-57-42-37-52(38-43-57)39-46-60-54(58)33-26-34-55(59)61-49-53(29-22-16-12-8-4)30-24-20-18-14-10-6-2/h19,50-53H,5-18,20-49H2,1-4H3. The number of piperidine rings is 2. The lowest BCUT2D eigenvalue weighted by molar-refractivity contribution is -0.146. The lowest BCUT2D eigenvalue weighted by Gasteiger charge is -2.33. The summed E-state index contributed by atoms with van der Waals surface area (Å²) in [5.74, 6) is 5.23. The number of hydrogen-bond donors (Lipinski definition) is 0. The van der Waals surface area contributed by atoms with Crippen molar-refractivity contribution in [2.45, 2.75) is 246 Å². The fourth-order valence-electron chi connectivity index (χ4n) is 9.97. The van der Waals surface area contributed by atoms with Crippen LogP contribution in [0.5, 0.6) is 0 Å². The molecule has 2 aliphatic heterocycles. The molecule has 0 aromatic carbocycles. The minimum Gasteiger partial charge on any atom is -0.466 e. The zero-order chi connectivity index (χ0) is 44.6. The van der Waals surface area contributed by atoms with Crippen LogP contribution in [0.2, 0.25) is 0 Å². The maximum absolute atomic E-state index is 12.5. The summed E-state index contributed by atoms with van der Waals surface area (Å²) in [6.45, 7) is 17.6. The Morgan fingerprint density at radius 2 is 0.984 bits per heavy atom. The van der Waals surface area contributed by atoms with Gasteiger partial charge in [-0.05, 0) is 114 Å². The quantitative estimate of drug-likeness (QED) is 0.0446. The van der Waals surface area contributed by atoms with Crippen molar-refractivity contribution in [1.82, 2.24) is 9.80 Å². The molecule has 0 aromatic heterocycles. The van der Waals surface area contributed by atoms with Crippen molar-refractivity contribution < 1.29 is 19.1 Å². The van der Waals surface area contributed by atoms with Crippen LogP contribution in [0, 0.1) is 30.1 Å². The summed E-state index contributed by atoms with van der Waals surface area (Å²) < 4.78 is 11.3. The number of thioether (sulfide) groups is 1. The average molecular weight is 891 g/mol. The van der Waals surface area contributed by atoms with E-state index in [1.54, 1.807) is 0 Å². The Bertz CT molecular complexity index is 998. The van der Waals surface area contributed by atoms with Crippen molar-refractivity contribution in [3.63, 3.8) is 0 Å². The predicted octanol–water partition coefficient (Wildman–Crippen LogP) is 15.4. The van der Waals surface area contributed by atoms with Crippen molar-refractivity contribution in [1.29, 1.82) is 0 Å². The van der Waals surface area contributed by atoms with Crippen molar-refractivity contribution >= 4 is 23.7 Å². The van der Waals surface area contributed by atoms with E-state index in [1.807, 2.05) is 0 Å². The van der Waals surface area contributed by atoms with E-state index in [-0.39, 0.29) is 11.9 Å². The minimum absolute atomic E-state index is 0.158. The Labute approximate surface area is 391 Å². The maximum Gasteiger partial charge on any atom is 0.305 e. The minimum atomic E-state index is -0.168. The lowest BCUT2D eigenvalue weighted by Crippen LogP contribution is -2.36. The molecule has 1 radical (unpaired) electrons.